The number of carboxylic acid groups (broad SMARTS) is 1. The van der Waals surface area contributed by atoms with E-state index in [2.05, 4.69) is 74.6 Å². The van der Waals surface area contributed by atoms with Crippen molar-refractivity contribution in [1.82, 2.24) is 0 Å². The number of likely N-dealkylation sites (N-methyl/N-ethyl adjacent to an activating group) is 1. The van der Waals surface area contributed by atoms with Gasteiger partial charge in [0.1, 0.15) is 6.61 Å². The number of hydrogen-bond acceptors (Lipinski definition) is 6. The molecular formula is C60H108NO7+. The average molecular weight is 956 g/mol. The molecule has 68 heavy (non-hydrogen) atoms. The van der Waals surface area contributed by atoms with Crippen LogP contribution in [0.2, 0.25) is 0 Å². The van der Waals surface area contributed by atoms with E-state index in [1.165, 1.54) is 141 Å². The summed E-state index contributed by atoms with van der Waals surface area (Å²) in [7, 11) is 5.54. The normalized spacial score (nSPS) is 13.2. The molecule has 0 aliphatic carbocycles. The number of aliphatic carboxylic acids is 1. The third-order valence-electron chi connectivity index (χ3n) is 12.7. The van der Waals surface area contributed by atoms with Gasteiger partial charge in [0, 0.05) is 19.3 Å². The van der Waals surface area contributed by atoms with Gasteiger partial charge in [-0.1, -0.05) is 235 Å². The Hall–Kier alpha value is -2.97. The number of rotatable bonds is 51. The van der Waals surface area contributed by atoms with Gasteiger partial charge in [0.05, 0.1) is 34.4 Å². The molecule has 0 aromatic heterocycles. The summed E-state index contributed by atoms with van der Waals surface area (Å²) in [5.41, 5.74) is 0. The second-order valence-corrected chi connectivity index (χ2v) is 20.2. The summed E-state index contributed by atoms with van der Waals surface area (Å²) in [6, 6.07) is -0.618. The van der Waals surface area contributed by atoms with Crippen LogP contribution in [-0.4, -0.2) is 80.6 Å². The van der Waals surface area contributed by atoms with Gasteiger partial charge in [-0.2, -0.15) is 0 Å². The number of esters is 2. The van der Waals surface area contributed by atoms with Crippen LogP contribution in [0.4, 0.5) is 0 Å². The minimum Gasteiger partial charge on any atom is -0.477 e. The topological polar surface area (TPSA) is 99.1 Å². The highest BCUT2D eigenvalue weighted by Crippen LogP contribution is 2.17. The number of carboxylic acids is 1. The van der Waals surface area contributed by atoms with E-state index in [1.54, 1.807) is 0 Å². The number of ether oxygens (including phenoxy) is 3. The molecular weight excluding hydrogens is 847 g/mol. The molecule has 0 amide bonds. The fourth-order valence-corrected chi connectivity index (χ4v) is 8.36. The molecule has 0 fully saturated rings. The Morgan fingerprint density at radius 2 is 0.824 bits per heavy atom. The maximum atomic E-state index is 12.8. The van der Waals surface area contributed by atoms with Crippen LogP contribution in [0.1, 0.15) is 251 Å². The minimum absolute atomic E-state index is 0.0561. The van der Waals surface area contributed by atoms with Crippen molar-refractivity contribution >= 4 is 17.9 Å². The summed E-state index contributed by atoms with van der Waals surface area (Å²) < 4.78 is 17.4. The smallest absolute Gasteiger partial charge is 0.362 e. The molecule has 8 nitrogen and oxygen atoms in total. The molecule has 0 bridgehead atoms. The Bertz CT molecular complexity index is 1290. The molecule has 0 radical (unpaired) electrons. The lowest BCUT2D eigenvalue weighted by Crippen LogP contribution is -2.50. The first-order chi connectivity index (χ1) is 33.1. The second kappa shape index (κ2) is 50.4. The van der Waals surface area contributed by atoms with Crippen molar-refractivity contribution in [2.75, 3.05) is 41.0 Å². The summed E-state index contributed by atoms with van der Waals surface area (Å²) in [5.74, 6) is -1.47. The zero-order valence-electron chi connectivity index (χ0n) is 45.1. The summed E-state index contributed by atoms with van der Waals surface area (Å²) in [6.07, 6.45) is 64.2. The molecule has 1 N–H and O–H groups in total. The standard InChI is InChI=1S/C60H107NO7/c1-6-8-10-12-14-16-18-20-22-24-26-28-29-31-32-34-36-38-40-42-44-46-48-50-58(62)67-55-56(54-66-53-52-57(60(64)65)61(3,4)5)68-59(63)51-49-47-45-43-41-39-37-35-33-30-27-25-23-21-19-17-15-13-11-9-7-2/h8,10,14,16,20,22,26,28,31-32,56-57H,6-7,9,11-13,15,17-19,21,23-25,27,29-30,33-55H2,1-5H3/p+1/b10-8+,16-14+,22-20+,28-26+,32-31+. The third kappa shape index (κ3) is 48.1. The maximum Gasteiger partial charge on any atom is 0.362 e. The monoisotopic (exact) mass is 955 g/mol. The van der Waals surface area contributed by atoms with Gasteiger partial charge in [0.15, 0.2) is 12.1 Å². The van der Waals surface area contributed by atoms with Crippen LogP contribution in [0.5, 0.6) is 0 Å². The molecule has 0 saturated heterocycles. The summed E-state index contributed by atoms with van der Waals surface area (Å²) in [4.78, 5) is 37.3. The number of hydrogen-bond donors (Lipinski definition) is 1. The van der Waals surface area contributed by atoms with E-state index in [0.717, 1.165) is 77.0 Å². The molecule has 0 aromatic rings. The van der Waals surface area contributed by atoms with Crippen LogP contribution in [0.15, 0.2) is 60.8 Å². The lowest BCUT2D eigenvalue weighted by Gasteiger charge is -2.31. The number of unbranched alkanes of at least 4 members (excludes halogenated alkanes) is 27. The fraction of sp³-hybridized carbons (Fsp3) is 0.783. The molecule has 0 spiro atoms. The predicted molar refractivity (Wildman–Crippen MR) is 289 cm³/mol. The highest BCUT2D eigenvalue weighted by Gasteiger charge is 2.31. The van der Waals surface area contributed by atoms with Crippen LogP contribution < -0.4 is 0 Å². The number of carbonyl (C=O) groups excluding carboxylic acids is 2. The van der Waals surface area contributed by atoms with Crippen molar-refractivity contribution in [3.8, 4) is 0 Å². The summed E-state index contributed by atoms with van der Waals surface area (Å²) in [6.45, 7) is 4.65. The molecule has 8 heteroatoms. The molecule has 2 unspecified atom stereocenters. The lowest BCUT2D eigenvalue weighted by molar-refractivity contribution is -0.887. The highest BCUT2D eigenvalue weighted by atomic mass is 16.6. The van der Waals surface area contributed by atoms with Gasteiger partial charge in [-0.05, 0) is 57.8 Å². The first kappa shape index (κ1) is 65.0. The van der Waals surface area contributed by atoms with Crippen LogP contribution in [0.3, 0.4) is 0 Å². The van der Waals surface area contributed by atoms with E-state index in [4.69, 9.17) is 14.2 Å². The van der Waals surface area contributed by atoms with Gasteiger partial charge in [-0.15, -0.1) is 0 Å². The van der Waals surface area contributed by atoms with Crippen molar-refractivity contribution in [1.29, 1.82) is 0 Å². The Balaban J connectivity index is 4.19. The fourth-order valence-electron chi connectivity index (χ4n) is 8.36. The van der Waals surface area contributed by atoms with Crippen molar-refractivity contribution in [3.63, 3.8) is 0 Å². The molecule has 0 saturated carbocycles. The van der Waals surface area contributed by atoms with Crippen molar-refractivity contribution in [3.05, 3.63) is 60.8 Å². The Morgan fingerprint density at radius 3 is 1.22 bits per heavy atom. The molecule has 0 aliphatic rings. The second-order valence-electron chi connectivity index (χ2n) is 20.2. The average Bonchev–Trinajstić information content (AvgIpc) is 3.30. The Morgan fingerprint density at radius 1 is 0.456 bits per heavy atom. The largest absolute Gasteiger partial charge is 0.477 e. The summed E-state index contributed by atoms with van der Waals surface area (Å²) >= 11 is 0. The predicted octanol–water partition coefficient (Wildman–Crippen LogP) is 16.9. The Labute approximate surface area is 419 Å². The van der Waals surface area contributed by atoms with Gasteiger partial charge >= 0.3 is 17.9 Å². The van der Waals surface area contributed by atoms with E-state index in [0.29, 0.717) is 19.3 Å². The van der Waals surface area contributed by atoms with E-state index < -0.39 is 18.1 Å². The molecule has 0 rings (SSSR count). The first-order valence-electron chi connectivity index (χ1n) is 28.3. The van der Waals surface area contributed by atoms with Crippen molar-refractivity contribution in [2.24, 2.45) is 0 Å². The Kier molecular flexibility index (Phi) is 48.2. The molecule has 0 aliphatic heterocycles. The van der Waals surface area contributed by atoms with Gasteiger partial charge < -0.3 is 23.8 Å². The molecule has 0 aromatic carbocycles. The van der Waals surface area contributed by atoms with Crippen LogP contribution in [0, 0.1) is 0 Å². The van der Waals surface area contributed by atoms with Crippen molar-refractivity contribution in [2.45, 2.75) is 264 Å². The number of nitrogens with zero attached hydrogens (tertiary/aromatic N) is 1. The van der Waals surface area contributed by atoms with Gasteiger partial charge in [-0.25, -0.2) is 4.79 Å². The van der Waals surface area contributed by atoms with E-state index in [1.807, 2.05) is 21.1 Å². The zero-order valence-corrected chi connectivity index (χ0v) is 45.1. The summed E-state index contributed by atoms with van der Waals surface area (Å²) in [5, 5.41) is 9.68. The number of carbonyl (C=O) groups is 3. The molecule has 0 heterocycles. The molecule has 2 atom stereocenters. The quantitative estimate of drug-likeness (QED) is 0.0281. The van der Waals surface area contributed by atoms with Crippen LogP contribution >= 0.6 is 0 Å². The van der Waals surface area contributed by atoms with E-state index >= 15 is 0 Å². The third-order valence-corrected chi connectivity index (χ3v) is 12.7. The number of allylic oxidation sites excluding steroid dienone is 10. The van der Waals surface area contributed by atoms with Gasteiger partial charge in [-0.3, -0.25) is 9.59 Å². The highest BCUT2D eigenvalue weighted by molar-refractivity contribution is 5.72. The van der Waals surface area contributed by atoms with E-state index in [9.17, 15) is 19.5 Å². The SMILES string of the molecule is CC/C=C/C/C=C/C/C=C/C/C=C/C/C=C/CCCCCCCCCC(=O)OCC(COCCC(C(=O)O)[N+](C)(C)C)OC(=O)CCCCCCCCCCCCCCCCCCCCCCC. The zero-order chi connectivity index (χ0) is 49.9. The van der Waals surface area contributed by atoms with Crippen LogP contribution in [0.25, 0.3) is 0 Å². The van der Waals surface area contributed by atoms with Gasteiger partial charge in [0.25, 0.3) is 0 Å². The maximum absolute atomic E-state index is 12.8. The lowest BCUT2D eigenvalue weighted by atomic mass is 10.0. The first-order valence-corrected chi connectivity index (χ1v) is 28.3. The van der Waals surface area contributed by atoms with Crippen molar-refractivity contribution < 1.29 is 38.2 Å². The minimum atomic E-state index is -0.875. The van der Waals surface area contributed by atoms with Crippen LogP contribution in [-0.2, 0) is 28.6 Å². The van der Waals surface area contributed by atoms with E-state index in [-0.39, 0.29) is 36.2 Å². The van der Waals surface area contributed by atoms with Gasteiger partial charge in [0.2, 0.25) is 0 Å². The molecule has 394 valence electrons. The number of quaternary nitrogens is 1.